The van der Waals surface area contributed by atoms with Crippen molar-refractivity contribution in [2.24, 2.45) is 0 Å². The molecule has 0 spiro atoms. The van der Waals surface area contributed by atoms with Gasteiger partial charge in [-0.05, 0) is 72.4 Å². The average Bonchev–Trinajstić information content (AvgIpc) is 2.93. The first-order chi connectivity index (χ1) is 19.1. The molecule has 3 nitrogen and oxygen atoms in total. The normalized spacial score (nSPS) is 12.2. The molecule has 0 aromatic heterocycles. The Labute approximate surface area is 231 Å². The van der Waals surface area contributed by atoms with Crippen LogP contribution in [0.3, 0.4) is 0 Å². The van der Waals surface area contributed by atoms with Crippen molar-refractivity contribution in [2.75, 3.05) is 6.61 Å². The second kappa shape index (κ2) is 12.4. The van der Waals surface area contributed by atoms with Gasteiger partial charge in [0, 0.05) is 5.56 Å². The largest absolute Gasteiger partial charge is 0.479 e. The molecule has 4 aromatic carbocycles. The highest BCUT2D eigenvalue weighted by Gasteiger charge is 2.34. The van der Waals surface area contributed by atoms with Gasteiger partial charge in [0.25, 0.3) is 0 Å². The fourth-order valence-corrected chi connectivity index (χ4v) is 4.27. The van der Waals surface area contributed by atoms with Crippen molar-refractivity contribution >= 4 is 5.97 Å². The molecule has 7 heteroatoms. The maximum absolute atomic E-state index is 15.0. The summed E-state index contributed by atoms with van der Waals surface area (Å²) in [6.45, 7) is 5.78. The van der Waals surface area contributed by atoms with Crippen molar-refractivity contribution in [3.63, 3.8) is 0 Å². The first-order valence-electron chi connectivity index (χ1n) is 13.1. The zero-order valence-corrected chi connectivity index (χ0v) is 22.5. The number of benzene rings is 4. The molecule has 0 amide bonds. The van der Waals surface area contributed by atoms with Gasteiger partial charge in [-0.3, -0.25) is 0 Å². The Kier molecular flexibility index (Phi) is 8.93. The van der Waals surface area contributed by atoms with Crippen LogP contribution in [0.1, 0.15) is 37.8 Å². The fraction of sp³-hybridized carbons (Fsp3) is 0.242. The van der Waals surface area contributed by atoms with Crippen LogP contribution in [0.15, 0.2) is 84.9 Å². The molecule has 0 bridgehead atoms. The monoisotopic (exact) mass is 550 g/mol. The molecule has 4 aromatic rings. The molecule has 1 atom stereocenters. The van der Waals surface area contributed by atoms with E-state index in [-0.39, 0.29) is 11.1 Å². The highest BCUT2D eigenvalue weighted by Crippen LogP contribution is 2.40. The van der Waals surface area contributed by atoms with E-state index in [1.165, 1.54) is 36.4 Å². The summed E-state index contributed by atoms with van der Waals surface area (Å²) in [5.74, 6) is -0.688. The summed E-state index contributed by atoms with van der Waals surface area (Å²) in [5, 5.41) is 0. The number of esters is 1. The van der Waals surface area contributed by atoms with E-state index >= 15 is 0 Å². The summed E-state index contributed by atoms with van der Waals surface area (Å²) in [7, 11) is 0. The van der Waals surface area contributed by atoms with Crippen molar-refractivity contribution in [3.8, 4) is 39.1 Å². The van der Waals surface area contributed by atoms with Gasteiger partial charge in [-0.1, -0.05) is 79.6 Å². The van der Waals surface area contributed by atoms with E-state index in [1.807, 2.05) is 26.0 Å². The number of ether oxygens (including phenoxy) is 2. The van der Waals surface area contributed by atoms with Gasteiger partial charge in [0.2, 0.25) is 0 Å². The van der Waals surface area contributed by atoms with Crippen molar-refractivity contribution in [3.05, 3.63) is 102 Å². The van der Waals surface area contributed by atoms with Crippen LogP contribution in [0.5, 0.6) is 5.75 Å². The van der Waals surface area contributed by atoms with Crippen LogP contribution in [0.25, 0.3) is 33.4 Å². The summed E-state index contributed by atoms with van der Waals surface area (Å²) in [5.41, 5.74) is 2.17. The van der Waals surface area contributed by atoms with E-state index in [0.717, 1.165) is 24.5 Å². The van der Waals surface area contributed by atoms with Crippen LogP contribution >= 0.6 is 0 Å². The van der Waals surface area contributed by atoms with Crippen LogP contribution in [0, 0.1) is 12.7 Å². The van der Waals surface area contributed by atoms with E-state index in [0.29, 0.717) is 34.6 Å². The lowest BCUT2D eigenvalue weighted by Crippen LogP contribution is -2.26. The van der Waals surface area contributed by atoms with E-state index in [9.17, 15) is 22.4 Å². The van der Waals surface area contributed by atoms with E-state index in [1.54, 1.807) is 37.3 Å². The van der Waals surface area contributed by atoms with E-state index in [4.69, 9.17) is 9.47 Å². The zero-order chi connectivity index (χ0) is 28.9. The minimum absolute atomic E-state index is 0.0217. The predicted octanol–water partition coefficient (Wildman–Crippen LogP) is 9.26. The van der Waals surface area contributed by atoms with Gasteiger partial charge in [0.1, 0.15) is 11.6 Å². The second-order valence-corrected chi connectivity index (χ2v) is 9.62. The Bertz CT molecular complexity index is 1460. The average molecular weight is 551 g/mol. The maximum Gasteiger partial charge on any atom is 0.417 e. The van der Waals surface area contributed by atoms with Gasteiger partial charge in [0.05, 0.1) is 12.2 Å². The molecule has 0 aliphatic carbocycles. The smallest absolute Gasteiger partial charge is 0.417 e. The molecule has 0 aliphatic rings. The van der Waals surface area contributed by atoms with Crippen LogP contribution in [-0.2, 0) is 15.7 Å². The molecule has 0 saturated carbocycles. The van der Waals surface area contributed by atoms with Crippen LogP contribution in [0.4, 0.5) is 17.6 Å². The van der Waals surface area contributed by atoms with Crippen molar-refractivity contribution in [1.29, 1.82) is 0 Å². The lowest BCUT2D eigenvalue weighted by atomic mass is 9.93. The zero-order valence-electron chi connectivity index (χ0n) is 22.5. The lowest BCUT2D eigenvalue weighted by molar-refractivity contribution is -0.151. The number of hydrogen-bond donors (Lipinski definition) is 0. The van der Waals surface area contributed by atoms with E-state index < -0.39 is 29.6 Å². The van der Waals surface area contributed by atoms with Crippen LogP contribution in [0.2, 0.25) is 0 Å². The van der Waals surface area contributed by atoms with Crippen molar-refractivity contribution < 1.29 is 31.8 Å². The number of carbonyl (C=O) groups is 1. The number of alkyl halides is 3. The summed E-state index contributed by atoms with van der Waals surface area (Å²) in [6, 6.07) is 21.8. The van der Waals surface area contributed by atoms with Crippen LogP contribution in [-0.4, -0.2) is 18.7 Å². The van der Waals surface area contributed by atoms with Gasteiger partial charge >= 0.3 is 12.1 Å². The Hall–Kier alpha value is -4.13. The van der Waals surface area contributed by atoms with Crippen LogP contribution < -0.4 is 4.74 Å². The SMILES string of the molecule is CCCCOC(=O)C(C)Oc1ccc(-c2ccc(-c3ccc(-c4ccc(C)cc4)c(F)c3)cc2C(F)(F)F)cc1. The highest BCUT2D eigenvalue weighted by molar-refractivity contribution is 5.77. The first kappa shape index (κ1) is 28.9. The highest BCUT2D eigenvalue weighted by atomic mass is 19.4. The molecule has 1 unspecified atom stereocenters. The molecule has 0 N–H and O–H groups in total. The topological polar surface area (TPSA) is 35.5 Å². The molecule has 0 saturated heterocycles. The van der Waals surface area contributed by atoms with Gasteiger partial charge in [-0.15, -0.1) is 0 Å². The first-order valence-corrected chi connectivity index (χ1v) is 13.1. The third-order valence-corrected chi connectivity index (χ3v) is 6.54. The Morgan fingerprint density at radius 2 is 1.35 bits per heavy atom. The number of hydrogen-bond acceptors (Lipinski definition) is 3. The van der Waals surface area contributed by atoms with Gasteiger partial charge in [-0.25, -0.2) is 9.18 Å². The van der Waals surface area contributed by atoms with E-state index in [2.05, 4.69) is 0 Å². The quantitative estimate of drug-likeness (QED) is 0.118. The molecule has 0 heterocycles. The minimum Gasteiger partial charge on any atom is -0.479 e. The Balaban J connectivity index is 1.58. The molecule has 0 radical (unpaired) electrons. The van der Waals surface area contributed by atoms with Gasteiger partial charge in [-0.2, -0.15) is 13.2 Å². The number of unbranched alkanes of at least 4 members (excludes halogenated alkanes) is 1. The Morgan fingerprint density at radius 3 is 1.95 bits per heavy atom. The summed E-state index contributed by atoms with van der Waals surface area (Å²) in [4.78, 5) is 12.0. The number of halogens is 4. The molecule has 208 valence electrons. The van der Waals surface area contributed by atoms with Crippen molar-refractivity contribution in [1.82, 2.24) is 0 Å². The number of aryl methyl sites for hydroxylation is 1. The predicted molar refractivity (Wildman–Crippen MR) is 148 cm³/mol. The molecule has 4 rings (SSSR count). The standard InChI is InChI=1S/C33H30F4O3/c1-4-5-18-39-32(38)22(3)40-27-14-10-23(11-15-27)28-16-12-25(19-30(28)33(35,36)37)26-13-17-29(31(34)20-26)24-8-6-21(2)7-9-24/h6-17,19-20,22H,4-5,18H2,1-3H3. The molecule has 0 aliphatic heterocycles. The molecular formula is C33H30F4O3. The summed E-state index contributed by atoms with van der Waals surface area (Å²) >= 11 is 0. The lowest BCUT2D eigenvalue weighted by Gasteiger charge is -2.17. The molecular weight excluding hydrogens is 520 g/mol. The number of carbonyl (C=O) groups excluding carboxylic acids is 1. The Morgan fingerprint density at radius 1 is 0.800 bits per heavy atom. The fourth-order valence-electron chi connectivity index (χ4n) is 4.27. The second-order valence-electron chi connectivity index (χ2n) is 9.62. The van der Waals surface area contributed by atoms with Gasteiger partial charge < -0.3 is 9.47 Å². The van der Waals surface area contributed by atoms with Gasteiger partial charge in [0.15, 0.2) is 6.10 Å². The minimum atomic E-state index is -4.64. The third-order valence-electron chi connectivity index (χ3n) is 6.54. The third kappa shape index (κ3) is 6.89. The van der Waals surface area contributed by atoms with Crippen molar-refractivity contribution in [2.45, 2.75) is 45.9 Å². The summed E-state index contributed by atoms with van der Waals surface area (Å²) in [6.07, 6.45) is -3.86. The maximum atomic E-state index is 15.0. The molecule has 0 fully saturated rings. The molecule has 40 heavy (non-hydrogen) atoms. The number of rotatable bonds is 9. The summed E-state index contributed by atoms with van der Waals surface area (Å²) < 4.78 is 68.2.